The molecule has 0 aromatic heterocycles. The number of hydrogen-bond donors (Lipinski definition) is 1. The summed E-state index contributed by atoms with van der Waals surface area (Å²) in [5.74, 6) is -1.89. The molecule has 6 heteroatoms. The van der Waals surface area contributed by atoms with Gasteiger partial charge in [0.2, 0.25) is 0 Å². The minimum absolute atomic E-state index is 0. The summed E-state index contributed by atoms with van der Waals surface area (Å²) in [4.78, 5) is 21.6. The van der Waals surface area contributed by atoms with Crippen LogP contribution in [-0.2, 0) is 4.43 Å². The van der Waals surface area contributed by atoms with Crippen molar-refractivity contribution in [2.24, 2.45) is 0 Å². The van der Waals surface area contributed by atoms with Gasteiger partial charge < -0.3 is 11.0 Å². The summed E-state index contributed by atoms with van der Waals surface area (Å²) in [6, 6.07) is 5.81. The van der Waals surface area contributed by atoms with Crippen LogP contribution >= 0.6 is 0 Å². The van der Waals surface area contributed by atoms with Crippen molar-refractivity contribution in [3.05, 3.63) is 35.4 Å². The van der Waals surface area contributed by atoms with Crippen molar-refractivity contribution in [3.63, 3.8) is 0 Å². The van der Waals surface area contributed by atoms with Crippen LogP contribution in [0.5, 0.6) is 0 Å². The molecule has 0 spiro atoms. The van der Waals surface area contributed by atoms with Gasteiger partial charge in [-0.3, -0.25) is 0 Å². The third-order valence-electron chi connectivity index (χ3n) is 1.47. The van der Waals surface area contributed by atoms with E-state index >= 15 is 0 Å². The van der Waals surface area contributed by atoms with E-state index in [1.165, 1.54) is 18.2 Å². The summed E-state index contributed by atoms with van der Waals surface area (Å²) in [5.41, 5.74) is -0.0595. The molecule has 0 aliphatic carbocycles. The van der Waals surface area contributed by atoms with E-state index in [1.807, 2.05) is 0 Å². The van der Waals surface area contributed by atoms with Crippen LogP contribution in [0.25, 0.3) is 0 Å². The fraction of sp³-hybridized carbons (Fsp3) is 0. The molecule has 67 valence electrons. The molecule has 0 atom stereocenters. The predicted molar refractivity (Wildman–Crippen MR) is 45.7 cm³/mol. The second-order valence-corrected chi connectivity index (χ2v) is 2.44. The van der Waals surface area contributed by atoms with Gasteiger partial charge in [0.15, 0.2) is 0 Å². The molecule has 1 aromatic carbocycles. The van der Waals surface area contributed by atoms with Crippen LogP contribution in [0.3, 0.4) is 0 Å². The Bertz CT molecular complexity index is 358. The van der Waals surface area contributed by atoms with E-state index in [2.05, 4.69) is 14.9 Å². The van der Waals surface area contributed by atoms with Crippen LogP contribution in [0.2, 0.25) is 0 Å². The van der Waals surface area contributed by atoms with E-state index in [-0.39, 0.29) is 63.9 Å². The Morgan fingerprint density at radius 2 is 1.79 bits per heavy atom. The van der Waals surface area contributed by atoms with Gasteiger partial charge in [-0.05, 0) is 12.1 Å². The van der Waals surface area contributed by atoms with Gasteiger partial charge in [0, 0.05) is 0 Å². The number of carboxylic acid groups (broad SMARTS) is 1. The van der Waals surface area contributed by atoms with E-state index < -0.39 is 11.9 Å². The van der Waals surface area contributed by atoms with Gasteiger partial charge in [-0.1, -0.05) is 12.1 Å². The summed E-state index contributed by atoms with van der Waals surface area (Å²) in [6.07, 6.45) is 0. The number of carbonyl (C=O) groups is 2. The molecule has 0 saturated carbocycles. The SMILES string of the molecule is O=C(O)c1ccccc1C(=O)O[Si].[H-].[K+]. The van der Waals surface area contributed by atoms with E-state index in [9.17, 15) is 9.59 Å². The molecule has 0 heterocycles. The largest absolute Gasteiger partial charge is 1.00 e. The maximum absolute atomic E-state index is 11.0. The quantitative estimate of drug-likeness (QED) is 0.586. The molecule has 0 amide bonds. The smallest absolute Gasteiger partial charge is 1.00 e. The molecule has 0 aliphatic heterocycles. The number of carboxylic acids is 1. The van der Waals surface area contributed by atoms with Gasteiger partial charge >= 0.3 is 73.8 Å². The average Bonchev–Trinajstić information content (AvgIpc) is 2.16. The Morgan fingerprint density at radius 1 is 1.29 bits per heavy atom. The van der Waals surface area contributed by atoms with Gasteiger partial charge in [-0.25, -0.2) is 9.59 Å². The first-order chi connectivity index (χ1) is 6.16. The Hall–Kier alpha value is 0.0132. The molecule has 3 radical (unpaired) electrons. The monoisotopic (exact) mass is 233 g/mol. The molecule has 0 bridgehead atoms. The molecule has 0 saturated heterocycles. The van der Waals surface area contributed by atoms with Crippen LogP contribution in [0, 0.1) is 0 Å². The van der Waals surface area contributed by atoms with Crippen LogP contribution in [0.4, 0.5) is 0 Å². The zero-order valence-corrected chi connectivity index (χ0v) is 11.6. The van der Waals surface area contributed by atoms with Gasteiger partial charge in [-0.2, -0.15) is 0 Å². The minimum atomic E-state index is -1.16. The van der Waals surface area contributed by atoms with Crippen molar-refractivity contribution in [1.29, 1.82) is 0 Å². The summed E-state index contributed by atoms with van der Waals surface area (Å²) >= 11 is 0. The maximum Gasteiger partial charge on any atom is 1.00 e. The fourth-order valence-electron chi connectivity index (χ4n) is 0.903. The van der Waals surface area contributed by atoms with Crippen LogP contribution in [0.1, 0.15) is 22.1 Å². The first-order valence-corrected chi connectivity index (χ1v) is 3.78. The van der Waals surface area contributed by atoms with Gasteiger partial charge in [0.05, 0.1) is 11.1 Å². The predicted octanol–water partition coefficient (Wildman–Crippen LogP) is -2.26. The number of carbonyl (C=O) groups excluding carboxylic acids is 1. The van der Waals surface area contributed by atoms with Crippen molar-refractivity contribution in [3.8, 4) is 0 Å². The van der Waals surface area contributed by atoms with Gasteiger partial charge in [-0.15, -0.1) is 0 Å². The van der Waals surface area contributed by atoms with Crippen molar-refractivity contribution >= 4 is 22.4 Å². The number of benzene rings is 1. The molecule has 14 heavy (non-hydrogen) atoms. The van der Waals surface area contributed by atoms with E-state index in [4.69, 9.17) is 5.11 Å². The minimum Gasteiger partial charge on any atom is -1.00 e. The number of hydrogen-bond acceptors (Lipinski definition) is 3. The molecular weight excluding hydrogens is 227 g/mol. The standard InChI is InChI=1S/C8H5O4Si.K.H/c9-7(10)5-3-1-2-4-6(5)8(11)12-13;;/h1-4H,(H,9,10);;/q;+1;-1. The molecule has 1 N–H and O–H groups in total. The first kappa shape index (κ1) is 14.0. The van der Waals surface area contributed by atoms with Gasteiger partial charge in [0.25, 0.3) is 0 Å². The van der Waals surface area contributed by atoms with Crippen molar-refractivity contribution in [2.45, 2.75) is 0 Å². The first-order valence-electron chi connectivity index (χ1n) is 3.37. The Labute approximate surface area is 128 Å². The van der Waals surface area contributed by atoms with Crippen molar-refractivity contribution in [1.82, 2.24) is 0 Å². The number of rotatable bonds is 2. The molecule has 0 unspecified atom stereocenters. The summed E-state index contributed by atoms with van der Waals surface area (Å²) in [7, 11) is 2.54. The molecule has 4 nitrogen and oxygen atoms in total. The second kappa shape index (κ2) is 6.49. The normalized spacial score (nSPS) is 8.64. The summed E-state index contributed by atoms with van der Waals surface area (Å²) < 4.78 is 4.23. The zero-order valence-electron chi connectivity index (χ0n) is 8.48. The summed E-state index contributed by atoms with van der Waals surface area (Å²) in [6.45, 7) is 0. The Balaban J connectivity index is 0. The van der Waals surface area contributed by atoms with Crippen molar-refractivity contribution in [2.75, 3.05) is 0 Å². The van der Waals surface area contributed by atoms with Crippen LogP contribution < -0.4 is 51.4 Å². The van der Waals surface area contributed by atoms with E-state index in [0.29, 0.717) is 0 Å². The fourth-order valence-corrected chi connectivity index (χ4v) is 1.01. The molecular formula is C8H6KO4Si. The maximum atomic E-state index is 11.0. The second-order valence-electron chi connectivity index (χ2n) is 2.24. The Kier molecular flexibility index (Phi) is 6.49. The number of aromatic carboxylic acids is 1. The van der Waals surface area contributed by atoms with Crippen molar-refractivity contribution < 1.29 is 71.9 Å². The molecule has 1 aromatic rings. The molecule has 1 rings (SSSR count). The molecule has 0 fully saturated rings. The molecule has 0 aliphatic rings. The third kappa shape index (κ3) is 3.30. The zero-order chi connectivity index (χ0) is 9.84. The summed E-state index contributed by atoms with van der Waals surface area (Å²) in [5, 5.41) is 8.69. The van der Waals surface area contributed by atoms with Crippen LogP contribution in [0.15, 0.2) is 24.3 Å². The Morgan fingerprint density at radius 3 is 2.21 bits per heavy atom. The topological polar surface area (TPSA) is 63.6 Å². The van der Waals surface area contributed by atoms with E-state index in [0.717, 1.165) is 0 Å². The van der Waals surface area contributed by atoms with E-state index in [1.54, 1.807) is 6.07 Å². The van der Waals surface area contributed by atoms with Gasteiger partial charge in [0.1, 0.15) is 0 Å². The average molecular weight is 233 g/mol. The third-order valence-corrected chi connectivity index (χ3v) is 1.66. The van der Waals surface area contributed by atoms with Crippen LogP contribution in [-0.4, -0.2) is 27.5 Å².